The molecule has 2 heterocycles. The van der Waals surface area contributed by atoms with Crippen LogP contribution in [0.15, 0.2) is 42.5 Å². The van der Waals surface area contributed by atoms with Gasteiger partial charge in [0.1, 0.15) is 0 Å². The van der Waals surface area contributed by atoms with E-state index < -0.39 is 0 Å². The molecule has 4 atom stereocenters. The van der Waals surface area contributed by atoms with Crippen LogP contribution in [0.1, 0.15) is 57.3 Å². The Morgan fingerprint density at radius 2 is 2.04 bits per heavy atom. The summed E-state index contributed by atoms with van der Waals surface area (Å²) < 4.78 is 6.31. The molecule has 2 heteroatoms. The maximum atomic E-state index is 6.31. The Hall–Kier alpha value is -1.54. The number of allylic oxidation sites excluding steroid dienone is 3. The monoisotopic (exact) mass is 323 g/mol. The number of nitrogens with one attached hydrogen (secondary N) is 1. The van der Waals surface area contributed by atoms with Crippen LogP contribution in [0.4, 0.5) is 5.69 Å². The highest BCUT2D eigenvalue weighted by Crippen LogP contribution is 2.47. The van der Waals surface area contributed by atoms with E-state index in [1.165, 1.54) is 29.7 Å². The van der Waals surface area contributed by atoms with Crippen LogP contribution in [0.3, 0.4) is 0 Å². The Bertz CT molecular complexity index is 667. The molecular formula is C22H29NO. The summed E-state index contributed by atoms with van der Waals surface area (Å²) >= 11 is 0. The van der Waals surface area contributed by atoms with Crippen LogP contribution in [-0.4, -0.2) is 12.6 Å². The Labute approximate surface area is 146 Å². The topological polar surface area (TPSA) is 21.3 Å². The van der Waals surface area contributed by atoms with Crippen LogP contribution < -0.4 is 5.32 Å². The van der Waals surface area contributed by atoms with Crippen LogP contribution in [0.2, 0.25) is 0 Å². The number of hydrogen-bond acceptors (Lipinski definition) is 2. The second-order valence-electron chi connectivity index (χ2n) is 8.53. The third-order valence-corrected chi connectivity index (χ3v) is 5.85. The Morgan fingerprint density at radius 3 is 2.79 bits per heavy atom. The Kier molecular flexibility index (Phi) is 4.04. The molecule has 1 aromatic rings. The molecule has 4 rings (SSSR count). The molecule has 2 aliphatic heterocycles. The zero-order chi connectivity index (χ0) is 16.7. The molecule has 128 valence electrons. The van der Waals surface area contributed by atoms with Gasteiger partial charge in [-0.1, -0.05) is 57.2 Å². The normalized spacial score (nSPS) is 32.0. The SMILES string of the molecule is CC(C)(C)c1ccc2c(c1)[C@H]1OCCC[C@H]1[C@H](C1C=CC=CC1)N2. The van der Waals surface area contributed by atoms with Crippen molar-refractivity contribution in [1.29, 1.82) is 0 Å². The van der Waals surface area contributed by atoms with Crippen molar-refractivity contribution in [3.8, 4) is 0 Å². The first-order valence-electron chi connectivity index (χ1n) is 9.40. The molecule has 2 nitrogen and oxygen atoms in total. The summed E-state index contributed by atoms with van der Waals surface area (Å²) in [5.41, 5.74) is 4.22. The fourth-order valence-corrected chi connectivity index (χ4v) is 4.47. The molecule has 1 fully saturated rings. The maximum Gasteiger partial charge on any atom is 0.0892 e. The zero-order valence-electron chi connectivity index (χ0n) is 15.1. The van der Waals surface area contributed by atoms with Crippen LogP contribution in [0.5, 0.6) is 0 Å². The minimum Gasteiger partial charge on any atom is -0.381 e. The molecule has 1 aliphatic carbocycles. The summed E-state index contributed by atoms with van der Waals surface area (Å²) in [5, 5.41) is 3.88. The summed E-state index contributed by atoms with van der Waals surface area (Å²) in [7, 11) is 0. The van der Waals surface area contributed by atoms with Crippen molar-refractivity contribution < 1.29 is 4.74 Å². The molecule has 0 amide bonds. The number of rotatable bonds is 1. The summed E-state index contributed by atoms with van der Waals surface area (Å²) in [6.07, 6.45) is 12.9. The van der Waals surface area contributed by atoms with E-state index >= 15 is 0 Å². The Balaban J connectivity index is 1.72. The summed E-state index contributed by atoms with van der Waals surface area (Å²) in [4.78, 5) is 0. The summed E-state index contributed by atoms with van der Waals surface area (Å²) in [5.74, 6) is 1.14. The zero-order valence-corrected chi connectivity index (χ0v) is 15.1. The molecule has 0 spiro atoms. The molecule has 0 bridgehead atoms. The van der Waals surface area contributed by atoms with Crippen LogP contribution in [-0.2, 0) is 10.2 Å². The third kappa shape index (κ3) is 2.82. The quantitative estimate of drug-likeness (QED) is 0.749. The second kappa shape index (κ2) is 6.07. The Morgan fingerprint density at radius 1 is 1.17 bits per heavy atom. The van der Waals surface area contributed by atoms with E-state index in [9.17, 15) is 0 Å². The first-order valence-corrected chi connectivity index (χ1v) is 9.40. The van der Waals surface area contributed by atoms with E-state index in [0.29, 0.717) is 17.9 Å². The lowest BCUT2D eigenvalue weighted by Crippen LogP contribution is -2.45. The molecular weight excluding hydrogens is 294 g/mol. The predicted octanol–water partition coefficient (Wildman–Crippen LogP) is 5.38. The van der Waals surface area contributed by atoms with Gasteiger partial charge in [-0.2, -0.15) is 0 Å². The van der Waals surface area contributed by atoms with E-state index in [1.807, 2.05) is 0 Å². The highest BCUT2D eigenvalue weighted by molar-refractivity contribution is 5.58. The van der Waals surface area contributed by atoms with Gasteiger partial charge in [0.25, 0.3) is 0 Å². The van der Waals surface area contributed by atoms with Gasteiger partial charge in [-0.3, -0.25) is 0 Å². The van der Waals surface area contributed by atoms with Gasteiger partial charge in [0.2, 0.25) is 0 Å². The van der Waals surface area contributed by atoms with E-state index in [-0.39, 0.29) is 11.5 Å². The molecule has 1 N–H and O–H groups in total. The van der Waals surface area contributed by atoms with Gasteiger partial charge in [-0.15, -0.1) is 0 Å². The standard InChI is InChI=1S/C22H29NO/c1-22(2,3)16-11-12-19-18(14-16)21-17(10-7-13-24-21)20(23-19)15-8-5-4-6-9-15/h4-6,8,11-12,14-15,17,20-21,23H,7,9-10,13H2,1-3H3/t15?,17-,20-,21-/m0/s1. The molecule has 1 aromatic carbocycles. The largest absolute Gasteiger partial charge is 0.381 e. The lowest BCUT2D eigenvalue weighted by molar-refractivity contribution is -0.0418. The van der Waals surface area contributed by atoms with Gasteiger partial charge < -0.3 is 10.1 Å². The van der Waals surface area contributed by atoms with Crippen molar-refractivity contribution >= 4 is 5.69 Å². The molecule has 1 unspecified atom stereocenters. The van der Waals surface area contributed by atoms with E-state index in [0.717, 1.165) is 13.0 Å². The van der Waals surface area contributed by atoms with Crippen molar-refractivity contribution in [2.75, 3.05) is 11.9 Å². The molecule has 24 heavy (non-hydrogen) atoms. The van der Waals surface area contributed by atoms with Crippen molar-refractivity contribution in [1.82, 2.24) is 0 Å². The van der Waals surface area contributed by atoms with E-state index in [4.69, 9.17) is 4.74 Å². The van der Waals surface area contributed by atoms with Crippen molar-refractivity contribution in [3.05, 3.63) is 53.6 Å². The number of ether oxygens (including phenoxy) is 1. The highest BCUT2D eigenvalue weighted by Gasteiger charge is 2.41. The van der Waals surface area contributed by atoms with E-state index in [1.54, 1.807) is 0 Å². The molecule has 0 aromatic heterocycles. The number of fused-ring (bicyclic) bond motifs is 3. The van der Waals surface area contributed by atoms with Gasteiger partial charge >= 0.3 is 0 Å². The minimum atomic E-state index is 0.174. The molecule has 1 saturated heterocycles. The first-order chi connectivity index (χ1) is 11.5. The maximum absolute atomic E-state index is 6.31. The van der Waals surface area contributed by atoms with Gasteiger partial charge in [0.05, 0.1) is 6.10 Å². The highest BCUT2D eigenvalue weighted by atomic mass is 16.5. The minimum absolute atomic E-state index is 0.174. The lowest BCUT2D eigenvalue weighted by Gasteiger charge is -2.46. The van der Waals surface area contributed by atoms with Crippen LogP contribution >= 0.6 is 0 Å². The average Bonchev–Trinajstić information content (AvgIpc) is 2.60. The second-order valence-corrected chi connectivity index (χ2v) is 8.53. The predicted molar refractivity (Wildman–Crippen MR) is 100 cm³/mol. The van der Waals surface area contributed by atoms with Crippen molar-refractivity contribution in [2.24, 2.45) is 11.8 Å². The van der Waals surface area contributed by atoms with Gasteiger partial charge in [0, 0.05) is 35.7 Å². The average molecular weight is 323 g/mol. The fraction of sp³-hybridized carbons (Fsp3) is 0.545. The smallest absolute Gasteiger partial charge is 0.0892 e. The van der Waals surface area contributed by atoms with Crippen molar-refractivity contribution in [3.63, 3.8) is 0 Å². The van der Waals surface area contributed by atoms with Crippen molar-refractivity contribution in [2.45, 2.75) is 57.6 Å². The first kappa shape index (κ1) is 16.0. The van der Waals surface area contributed by atoms with Crippen LogP contribution in [0, 0.1) is 11.8 Å². The number of benzene rings is 1. The number of anilines is 1. The lowest BCUT2D eigenvalue weighted by atomic mass is 9.73. The van der Waals surface area contributed by atoms with E-state index in [2.05, 4.69) is 68.6 Å². The summed E-state index contributed by atoms with van der Waals surface area (Å²) in [6, 6.07) is 7.42. The number of hydrogen-bond donors (Lipinski definition) is 1. The van der Waals surface area contributed by atoms with Gasteiger partial charge in [-0.05, 0) is 36.3 Å². The summed E-state index contributed by atoms with van der Waals surface area (Å²) in [6.45, 7) is 7.75. The van der Waals surface area contributed by atoms with Crippen LogP contribution in [0.25, 0.3) is 0 Å². The third-order valence-electron chi connectivity index (χ3n) is 5.85. The molecule has 3 aliphatic rings. The fourth-order valence-electron chi connectivity index (χ4n) is 4.47. The van der Waals surface area contributed by atoms with Gasteiger partial charge in [0.15, 0.2) is 0 Å². The molecule has 0 saturated carbocycles. The molecule has 0 radical (unpaired) electrons. The van der Waals surface area contributed by atoms with Gasteiger partial charge in [-0.25, -0.2) is 0 Å².